The molecule has 2 heterocycles. The van der Waals surface area contributed by atoms with Gasteiger partial charge in [0.1, 0.15) is 18.1 Å². The average Bonchev–Trinajstić information content (AvgIpc) is 3.45. The van der Waals surface area contributed by atoms with Crippen LogP contribution in [0.4, 0.5) is 13.2 Å². The summed E-state index contributed by atoms with van der Waals surface area (Å²) < 4.78 is 38.9. The van der Waals surface area contributed by atoms with Crippen LogP contribution in [0.1, 0.15) is 59.3 Å². The van der Waals surface area contributed by atoms with E-state index in [0.29, 0.717) is 25.8 Å². The Morgan fingerprint density at radius 2 is 1.86 bits per heavy atom. The van der Waals surface area contributed by atoms with Crippen LogP contribution in [0.15, 0.2) is 0 Å². The van der Waals surface area contributed by atoms with Crippen LogP contribution < -0.4 is 16.0 Å². The number of hydrogen-bond acceptors (Lipinski definition) is 5. The van der Waals surface area contributed by atoms with E-state index in [9.17, 15) is 37.6 Å². The van der Waals surface area contributed by atoms with E-state index < -0.39 is 53.4 Å². The molecule has 3 rings (SSSR count). The van der Waals surface area contributed by atoms with Gasteiger partial charge in [-0.3, -0.25) is 19.2 Å². The Morgan fingerprint density at radius 3 is 2.40 bits per heavy atom. The van der Waals surface area contributed by atoms with Gasteiger partial charge >= 0.3 is 12.1 Å². The maximum atomic E-state index is 13.6. The Labute approximate surface area is 202 Å². The zero-order chi connectivity index (χ0) is 26.1. The second kappa shape index (κ2) is 10.0. The smallest absolute Gasteiger partial charge is 0.356 e. The fraction of sp³-hybridized carbons (Fsp3) is 0.783. The van der Waals surface area contributed by atoms with E-state index in [-0.39, 0.29) is 24.3 Å². The molecule has 6 atom stereocenters. The minimum Gasteiger partial charge on any atom is -0.356 e. The van der Waals surface area contributed by atoms with E-state index >= 15 is 0 Å². The number of likely N-dealkylation sites (tertiary alicyclic amines) is 1. The lowest BCUT2D eigenvalue weighted by Gasteiger charge is -2.38. The van der Waals surface area contributed by atoms with E-state index in [2.05, 4.69) is 10.6 Å². The van der Waals surface area contributed by atoms with Gasteiger partial charge in [-0.15, -0.1) is 0 Å². The first kappa shape index (κ1) is 26.8. The quantitative estimate of drug-likeness (QED) is 0.508. The second-order valence-electron chi connectivity index (χ2n) is 10.7. The van der Waals surface area contributed by atoms with Crippen molar-refractivity contribution in [1.82, 2.24) is 20.9 Å². The number of amides is 4. The number of carbonyl (C=O) groups excluding carboxylic acids is 4. The Morgan fingerprint density at radius 1 is 1.17 bits per heavy atom. The molecule has 9 nitrogen and oxygen atoms in total. The van der Waals surface area contributed by atoms with Crippen molar-refractivity contribution in [2.45, 2.75) is 89.6 Å². The van der Waals surface area contributed by atoms with Crippen LogP contribution in [0.2, 0.25) is 0 Å². The molecule has 0 aromatic rings. The Bertz CT molecular complexity index is 910. The lowest BCUT2D eigenvalue weighted by Crippen LogP contribution is -2.61. The van der Waals surface area contributed by atoms with Crippen molar-refractivity contribution in [3.8, 4) is 6.07 Å². The van der Waals surface area contributed by atoms with Crippen LogP contribution in [0.5, 0.6) is 0 Å². The molecule has 1 aliphatic carbocycles. The molecule has 0 bridgehead atoms. The van der Waals surface area contributed by atoms with E-state index in [0.717, 1.165) is 12.8 Å². The summed E-state index contributed by atoms with van der Waals surface area (Å²) in [5.41, 5.74) is -1.05. The van der Waals surface area contributed by atoms with Gasteiger partial charge in [-0.1, -0.05) is 27.2 Å². The number of rotatable bonds is 6. The molecule has 12 heteroatoms. The highest BCUT2D eigenvalue weighted by Gasteiger charge is 2.53. The standard InChI is InChI=1S/C23H32F3N5O4/c1-22(2,3)17(30-21(35)23(24,25)26)20(34)31-15-6-4-5-12(15)10-16(31)19(33)29-14(11-27)9-13-7-8-28-18(13)32/h12-17H,4-10H2,1-3H3,(H,28,32)(H,29,33)(H,30,35)/t12-,13?,14+,15-,16+,17-/m1/s1. The van der Waals surface area contributed by atoms with Crippen LogP contribution in [-0.4, -0.2) is 65.4 Å². The molecule has 3 N–H and O–H groups in total. The maximum absolute atomic E-state index is 13.6. The van der Waals surface area contributed by atoms with Gasteiger partial charge in [0.05, 0.1) is 6.07 Å². The summed E-state index contributed by atoms with van der Waals surface area (Å²) in [6, 6.07) is -1.76. The fourth-order valence-electron chi connectivity index (χ4n) is 5.42. The third kappa shape index (κ3) is 5.87. The molecule has 1 unspecified atom stereocenters. The molecule has 0 spiro atoms. The molecule has 0 aromatic carbocycles. The van der Waals surface area contributed by atoms with Crippen molar-refractivity contribution in [1.29, 1.82) is 5.26 Å². The molecular weight excluding hydrogens is 467 g/mol. The molecule has 3 aliphatic rings. The van der Waals surface area contributed by atoms with Gasteiger partial charge < -0.3 is 20.9 Å². The number of fused-ring (bicyclic) bond motifs is 1. The number of carbonyl (C=O) groups is 4. The van der Waals surface area contributed by atoms with Gasteiger partial charge in [0.25, 0.3) is 0 Å². The second-order valence-corrected chi connectivity index (χ2v) is 10.7. The van der Waals surface area contributed by atoms with Crippen molar-refractivity contribution in [3.63, 3.8) is 0 Å². The first-order valence-corrected chi connectivity index (χ1v) is 11.9. The molecule has 35 heavy (non-hydrogen) atoms. The summed E-state index contributed by atoms with van der Waals surface area (Å²) in [6.45, 7) is 5.13. The summed E-state index contributed by atoms with van der Waals surface area (Å²) in [6.07, 6.45) is -1.95. The van der Waals surface area contributed by atoms with Crippen LogP contribution in [0.25, 0.3) is 0 Å². The van der Waals surface area contributed by atoms with Crippen molar-refractivity contribution >= 4 is 23.6 Å². The van der Waals surface area contributed by atoms with Gasteiger partial charge in [-0.05, 0) is 43.4 Å². The monoisotopic (exact) mass is 499 g/mol. The molecule has 2 saturated heterocycles. The van der Waals surface area contributed by atoms with E-state index in [1.54, 1.807) is 20.8 Å². The highest BCUT2D eigenvalue weighted by molar-refractivity contribution is 5.94. The van der Waals surface area contributed by atoms with Gasteiger partial charge in [-0.25, -0.2) is 0 Å². The third-order valence-electron chi connectivity index (χ3n) is 7.20. The number of nitriles is 1. The van der Waals surface area contributed by atoms with E-state index in [4.69, 9.17) is 0 Å². The molecule has 194 valence electrons. The largest absolute Gasteiger partial charge is 0.471 e. The number of halogens is 3. The number of nitrogens with one attached hydrogen (secondary N) is 3. The molecule has 0 radical (unpaired) electrons. The fourth-order valence-corrected chi connectivity index (χ4v) is 5.42. The Hall–Kier alpha value is -2.84. The lowest BCUT2D eigenvalue weighted by molar-refractivity contribution is -0.176. The first-order valence-electron chi connectivity index (χ1n) is 11.9. The summed E-state index contributed by atoms with van der Waals surface area (Å²) in [7, 11) is 0. The maximum Gasteiger partial charge on any atom is 0.471 e. The number of nitrogens with zero attached hydrogens (tertiary/aromatic N) is 2. The highest BCUT2D eigenvalue weighted by Crippen LogP contribution is 2.42. The average molecular weight is 500 g/mol. The van der Waals surface area contributed by atoms with E-state index in [1.165, 1.54) is 4.90 Å². The molecule has 2 aliphatic heterocycles. The lowest BCUT2D eigenvalue weighted by atomic mass is 9.85. The van der Waals surface area contributed by atoms with Crippen LogP contribution in [-0.2, 0) is 19.2 Å². The van der Waals surface area contributed by atoms with E-state index in [1.807, 2.05) is 11.4 Å². The van der Waals surface area contributed by atoms with Crippen molar-refractivity contribution in [3.05, 3.63) is 0 Å². The molecular formula is C23H32F3N5O4. The van der Waals surface area contributed by atoms with Gasteiger partial charge in [-0.2, -0.15) is 18.4 Å². The van der Waals surface area contributed by atoms with Gasteiger partial charge in [0.15, 0.2) is 0 Å². The predicted octanol–water partition coefficient (Wildman–Crippen LogP) is 1.38. The Kier molecular flexibility index (Phi) is 7.67. The zero-order valence-electron chi connectivity index (χ0n) is 20.1. The summed E-state index contributed by atoms with van der Waals surface area (Å²) >= 11 is 0. The molecule has 3 fully saturated rings. The number of alkyl halides is 3. The van der Waals surface area contributed by atoms with Gasteiger partial charge in [0.2, 0.25) is 17.7 Å². The van der Waals surface area contributed by atoms with Crippen molar-refractivity contribution in [2.75, 3.05) is 6.54 Å². The van der Waals surface area contributed by atoms with Gasteiger partial charge in [0, 0.05) is 18.5 Å². The third-order valence-corrected chi connectivity index (χ3v) is 7.20. The van der Waals surface area contributed by atoms with Crippen molar-refractivity contribution in [2.24, 2.45) is 17.3 Å². The van der Waals surface area contributed by atoms with Crippen LogP contribution >= 0.6 is 0 Å². The molecule has 1 saturated carbocycles. The highest BCUT2D eigenvalue weighted by atomic mass is 19.4. The Balaban J connectivity index is 1.81. The SMILES string of the molecule is CC(C)(C)[C@H](NC(=O)C(F)(F)F)C(=O)N1[C@@H]2CCC[C@@H]2C[C@H]1C(=O)N[C@H](C#N)CC1CCNC1=O. The topological polar surface area (TPSA) is 131 Å². The summed E-state index contributed by atoms with van der Waals surface area (Å²) in [4.78, 5) is 51.8. The minimum absolute atomic E-state index is 0.00906. The van der Waals surface area contributed by atoms with Crippen LogP contribution in [0, 0.1) is 28.6 Å². The zero-order valence-corrected chi connectivity index (χ0v) is 20.1. The predicted molar refractivity (Wildman–Crippen MR) is 117 cm³/mol. The number of hydrogen-bond donors (Lipinski definition) is 3. The molecule has 0 aromatic heterocycles. The molecule has 4 amide bonds. The first-order chi connectivity index (χ1) is 16.2. The summed E-state index contributed by atoms with van der Waals surface area (Å²) in [5, 5.41) is 16.7. The minimum atomic E-state index is -5.16. The van der Waals surface area contributed by atoms with Crippen molar-refractivity contribution < 1.29 is 32.3 Å². The van der Waals surface area contributed by atoms with Crippen LogP contribution in [0.3, 0.4) is 0 Å². The normalized spacial score (nSPS) is 28.0. The summed E-state index contributed by atoms with van der Waals surface area (Å²) in [5.74, 6) is -4.10.